The summed E-state index contributed by atoms with van der Waals surface area (Å²) in [4.78, 5) is 0. The van der Waals surface area contributed by atoms with Gasteiger partial charge >= 0.3 is 0 Å². The molecule has 106 valence electrons. The molecule has 1 N–H and O–H groups in total. The first-order valence-corrected chi connectivity index (χ1v) is 7.21. The number of nitrogens with one attached hydrogen (secondary N) is 1. The van der Waals surface area contributed by atoms with Gasteiger partial charge in [-0.2, -0.15) is 0 Å². The van der Waals surface area contributed by atoms with Crippen LogP contribution < -0.4 is 10.1 Å². The van der Waals surface area contributed by atoms with E-state index in [1.54, 1.807) is 7.11 Å². The van der Waals surface area contributed by atoms with Gasteiger partial charge in [-0.15, -0.1) is 0 Å². The van der Waals surface area contributed by atoms with Gasteiger partial charge in [0.2, 0.25) is 0 Å². The molecule has 1 aromatic rings. The van der Waals surface area contributed by atoms with Gasteiger partial charge in [-0.25, -0.2) is 0 Å². The molecule has 0 amide bonds. The standard InChI is InChI=1S/C15H22ClNO2/c1-4-14(18-3)13(17-2)9-11-8-12(16)7-10-5-6-19-15(10)11/h7-8,13-14,17H,4-6,9H2,1-3H3. The number of ether oxygens (including phenoxy) is 2. The van der Waals surface area contributed by atoms with E-state index in [2.05, 4.69) is 12.2 Å². The van der Waals surface area contributed by atoms with Gasteiger partial charge in [0.25, 0.3) is 0 Å². The van der Waals surface area contributed by atoms with Crippen LogP contribution in [0.2, 0.25) is 5.02 Å². The number of benzene rings is 1. The molecule has 0 bridgehead atoms. The lowest BCUT2D eigenvalue weighted by Crippen LogP contribution is -2.40. The fraction of sp³-hybridized carbons (Fsp3) is 0.600. The van der Waals surface area contributed by atoms with Crippen LogP contribution in [0.15, 0.2) is 12.1 Å². The molecule has 2 atom stereocenters. The normalized spacial score (nSPS) is 16.8. The van der Waals surface area contributed by atoms with Crippen molar-refractivity contribution in [1.82, 2.24) is 5.32 Å². The Labute approximate surface area is 120 Å². The van der Waals surface area contributed by atoms with E-state index < -0.39 is 0 Å². The Morgan fingerprint density at radius 3 is 2.89 bits per heavy atom. The minimum Gasteiger partial charge on any atom is -0.493 e. The van der Waals surface area contributed by atoms with E-state index in [-0.39, 0.29) is 12.1 Å². The summed E-state index contributed by atoms with van der Waals surface area (Å²) in [6.07, 6.45) is 2.99. The Bertz CT molecular complexity index is 432. The van der Waals surface area contributed by atoms with Crippen molar-refractivity contribution < 1.29 is 9.47 Å². The summed E-state index contributed by atoms with van der Waals surface area (Å²) in [6.45, 7) is 2.89. The summed E-state index contributed by atoms with van der Waals surface area (Å²) in [5.41, 5.74) is 2.40. The molecule has 0 saturated heterocycles. The van der Waals surface area contributed by atoms with Crippen molar-refractivity contribution >= 4 is 11.6 Å². The zero-order chi connectivity index (χ0) is 13.8. The second kappa shape index (κ2) is 6.60. The van der Waals surface area contributed by atoms with Crippen LogP contribution in [-0.4, -0.2) is 32.9 Å². The highest BCUT2D eigenvalue weighted by Gasteiger charge is 2.23. The smallest absolute Gasteiger partial charge is 0.125 e. The summed E-state index contributed by atoms with van der Waals surface area (Å²) in [5.74, 6) is 1.02. The third-order valence-electron chi connectivity index (χ3n) is 3.79. The molecular weight excluding hydrogens is 262 g/mol. The summed E-state index contributed by atoms with van der Waals surface area (Å²) in [5, 5.41) is 4.13. The number of hydrogen-bond acceptors (Lipinski definition) is 3. The van der Waals surface area contributed by atoms with Gasteiger partial charge in [0.1, 0.15) is 5.75 Å². The maximum Gasteiger partial charge on any atom is 0.125 e. The Morgan fingerprint density at radius 2 is 2.26 bits per heavy atom. The molecule has 4 heteroatoms. The van der Waals surface area contributed by atoms with Crippen LogP contribution >= 0.6 is 11.6 Å². The number of methoxy groups -OCH3 is 1. The lowest BCUT2D eigenvalue weighted by atomic mass is 9.97. The van der Waals surface area contributed by atoms with Gasteiger partial charge in [-0.3, -0.25) is 0 Å². The Hall–Kier alpha value is -0.770. The van der Waals surface area contributed by atoms with Crippen molar-refractivity contribution in [2.75, 3.05) is 20.8 Å². The van der Waals surface area contributed by atoms with E-state index in [0.717, 1.165) is 36.6 Å². The van der Waals surface area contributed by atoms with Crippen LogP contribution in [0.5, 0.6) is 5.75 Å². The van der Waals surface area contributed by atoms with Crippen LogP contribution in [-0.2, 0) is 17.6 Å². The minimum absolute atomic E-state index is 0.195. The second-order valence-corrected chi connectivity index (χ2v) is 5.37. The fourth-order valence-electron chi connectivity index (χ4n) is 2.77. The molecule has 19 heavy (non-hydrogen) atoms. The summed E-state index contributed by atoms with van der Waals surface area (Å²) < 4.78 is 11.3. The van der Waals surface area contributed by atoms with Crippen molar-refractivity contribution in [3.8, 4) is 5.75 Å². The molecule has 1 heterocycles. The van der Waals surface area contributed by atoms with E-state index in [0.29, 0.717) is 0 Å². The van der Waals surface area contributed by atoms with Crippen molar-refractivity contribution in [3.05, 3.63) is 28.3 Å². The molecule has 3 nitrogen and oxygen atoms in total. The van der Waals surface area contributed by atoms with Crippen LogP contribution in [0, 0.1) is 0 Å². The highest BCUT2D eigenvalue weighted by Crippen LogP contribution is 2.34. The summed E-state index contributed by atoms with van der Waals surface area (Å²) >= 11 is 6.20. The van der Waals surface area contributed by atoms with Crippen LogP contribution in [0.25, 0.3) is 0 Å². The van der Waals surface area contributed by atoms with E-state index in [1.807, 2.05) is 19.2 Å². The highest BCUT2D eigenvalue weighted by atomic mass is 35.5. The first kappa shape index (κ1) is 14.6. The molecule has 2 unspecified atom stereocenters. The fourth-order valence-corrected chi connectivity index (χ4v) is 3.03. The number of hydrogen-bond donors (Lipinski definition) is 1. The van der Waals surface area contributed by atoms with Gasteiger partial charge in [-0.05, 0) is 43.1 Å². The number of likely N-dealkylation sites (N-methyl/N-ethyl adjacent to an activating group) is 1. The van der Waals surface area contributed by atoms with E-state index in [1.165, 1.54) is 11.1 Å². The largest absolute Gasteiger partial charge is 0.493 e. The highest BCUT2D eigenvalue weighted by molar-refractivity contribution is 6.30. The third kappa shape index (κ3) is 3.22. The number of rotatable bonds is 6. The Morgan fingerprint density at radius 1 is 1.47 bits per heavy atom. The predicted octanol–water partition coefficient (Wildman–Crippen LogP) is 2.83. The van der Waals surface area contributed by atoms with Crippen molar-refractivity contribution in [2.45, 2.75) is 38.3 Å². The molecule has 0 fully saturated rings. The molecule has 0 spiro atoms. The molecule has 0 aliphatic carbocycles. The second-order valence-electron chi connectivity index (χ2n) is 4.93. The molecule has 0 aromatic heterocycles. The lowest BCUT2D eigenvalue weighted by Gasteiger charge is -2.25. The SMILES string of the molecule is CCC(OC)C(Cc1cc(Cl)cc2c1OCC2)NC. The zero-order valence-corrected chi connectivity index (χ0v) is 12.6. The van der Waals surface area contributed by atoms with Crippen molar-refractivity contribution in [2.24, 2.45) is 0 Å². The van der Waals surface area contributed by atoms with Crippen molar-refractivity contribution in [3.63, 3.8) is 0 Å². The molecule has 0 radical (unpaired) electrons. The zero-order valence-electron chi connectivity index (χ0n) is 11.8. The average Bonchev–Trinajstić information content (AvgIpc) is 2.86. The number of fused-ring (bicyclic) bond motifs is 1. The minimum atomic E-state index is 0.195. The first-order valence-electron chi connectivity index (χ1n) is 6.83. The molecule has 2 rings (SSSR count). The predicted molar refractivity (Wildman–Crippen MR) is 78.3 cm³/mol. The molecular formula is C15H22ClNO2. The van der Waals surface area contributed by atoms with Crippen molar-refractivity contribution in [1.29, 1.82) is 0 Å². The van der Waals surface area contributed by atoms with E-state index in [4.69, 9.17) is 21.1 Å². The molecule has 1 aliphatic rings. The molecule has 1 aliphatic heterocycles. The van der Waals surface area contributed by atoms with Crippen LogP contribution in [0.1, 0.15) is 24.5 Å². The van der Waals surface area contributed by atoms with Gasteiger partial charge in [-0.1, -0.05) is 18.5 Å². The topological polar surface area (TPSA) is 30.5 Å². The maximum atomic E-state index is 6.20. The van der Waals surface area contributed by atoms with Gasteiger partial charge in [0, 0.05) is 24.6 Å². The molecule has 0 saturated carbocycles. The van der Waals surface area contributed by atoms with Gasteiger partial charge in [0.05, 0.1) is 12.7 Å². The first-order chi connectivity index (χ1) is 9.19. The Balaban J connectivity index is 2.22. The van der Waals surface area contributed by atoms with E-state index in [9.17, 15) is 0 Å². The molecule has 1 aromatic carbocycles. The monoisotopic (exact) mass is 283 g/mol. The third-order valence-corrected chi connectivity index (χ3v) is 4.01. The van der Waals surface area contributed by atoms with Crippen LogP contribution in [0.3, 0.4) is 0 Å². The lowest BCUT2D eigenvalue weighted by molar-refractivity contribution is 0.0676. The quantitative estimate of drug-likeness (QED) is 0.871. The van der Waals surface area contributed by atoms with Gasteiger partial charge < -0.3 is 14.8 Å². The van der Waals surface area contributed by atoms with E-state index >= 15 is 0 Å². The Kier molecular flexibility index (Phi) is 5.08. The summed E-state index contributed by atoms with van der Waals surface area (Å²) in [6, 6.07) is 4.29. The maximum absolute atomic E-state index is 6.20. The number of halogens is 1. The van der Waals surface area contributed by atoms with Crippen LogP contribution in [0.4, 0.5) is 0 Å². The average molecular weight is 284 g/mol. The summed E-state index contributed by atoms with van der Waals surface area (Å²) in [7, 11) is 3.73. The van der Waals surface area contributed by atoms with Gasteiger partial charge in [0.15, 0.2) is 0 Å².